The fourth-order valence-electron chi connectivity index (χ4n) is 1.55. The number of hydrogen-bond donors (Lipinski definition) is 1. The first kappa shape index (κ1) is 11.4. The molecule has 1 rings (SSSR count). The fraction of sp³-hybridized carbons (Fsp3) is 0.545. The molecule has 0 fully saturated rings. The summed E-state index contributed by atoms with van der Waals surface area (Å²) in [5, 5.41) is 8.95. The number of nitrogens with two attached hydrogens (primary N) is 1. The molecule has 0 bridgehead atoms. The summed E-state index contributed by atoms with van der Waals surface area (Å²) < 4.78 is 0. The Bertz CT molecular complexity index is 357. The van der Waals surface area contributed by atoms with Gasteiger partial charge in [-0.05, 0) is 13.3 Å². The van der Waals surface area contributed by atoms with Crippen molar-refractivity contribution in [1.82, 2.24) is 0 Å². The van der Waals surface area contributed by atoms with E-state index in [0.717, 1.165) is 18.6 Å². The summed E-state index contributed by atoms with van der Waals surface area (Å²) in [5.74, 6) is 0.809. The molecule has 0 aromatic rings. The fourth-order valence-corrected chi connectivity index (χ4v) is 1.55. The second-order valence-corrected chi connectivity index (χ2v) is 3.44. The molecule has 1 aliphatic heterocycles. The molecule has 0 aromatic carbocycles. The SMILES string of the molecule is CCN=C1CC(CC)C(N)=NC=C1C#N. The zero-order valence-electron chi connectivity index (χ0n) is 9.20. The van der Waals surface area contributed by atoms with Gasteiger partial charge in [-0.2, -0.15) is 5.26 Å². The van der Waals surface area contributed by atoms with E-state index in [1.54, 1.807) is 0 Å². The highest BCUT2D eigenvalue weighted by atomic mass is 14.9. The number of hydrogen-bond acceptors (Lipinski definition) is 4. The highest BCUT2D eigenvalue weighted by Gasteiger charge is 2.19. The molecular formula is C11H16N4. The summed E-state index contributed by atoms with van der Waals surface area (Å²) in [6.07, 6.45) is 3.17. The van der Waals surface area contributed by atoms with Gasteiger partial charge >= 0.3 is 0 Å². The molecule has 0 saturated carbocycles. The van der Waals surface area contributed by atoms with Crippen LogP contribution >= 0.6 is 0 Å². The Labute approximate surface area is 90.2 Å². The number of rotatable bonds is 2. The Hall–Kier alpha value is -1.63. The predicted molar refractivity (Wildman–Crippen MR) is 61.7 cm³/mol. The van der Waals surface area contributed by atoms with Crippen LogP contribution in [0.2, 0.25) is 0 Å². The molecule has 0 amide bonds. The highest BCUT2D eigenvalue weighted by Crippen LogP contribution is 2.17. The molecule has 1 heterocycles. The molecule has 15 heavy (non-hydrogen) atoms. The van der Waals surface area contributed by atoms with Gasteiger partial charge in [0.25, 0.3) is 0 Å². The second kappa shape index (κ2) is 5.30. The Kier molecular flexibility index (Phi) is 4.04. The summed E-state index contributed by atoms with van der Waals surface area (Å²) in [6.45, 7) is 4.71. The average molecular weight is 204 g/mol. The van der Waals surface area contributed by atoms with Gasteiger partial charge in [-0.1, -0.05) is 6.92 Å². The van der Waals surface area contributed by atoms with Gasteiger partial charge in [0.2, 0.25) is 0 Å². The van der Waals surface area contributed by atoms with Crippen molar-refractivity contribution in [3.8, 4) is 6.07 Å². The van der Waals surface area contributed by atoms with Crippen molar-refractivity contribution >= 4 is 11.5 Å². The van der Waals surface area contributed by atoms with Crippen LogP contribution in [0.1, 0.15) is 26.7 Å². The van der Waals surface area contributed by atoms with Crippen molar-refractivity contribution < 1.29 is 0 Å². The third-order valence-corrected chi connectivity index (χ3v) is 2.47. The Morgan fingerprint density at radius 1 is 1.67 bits per heavy atom. The smallest absolute Gasteiger partial charge is 0.103 e. The minimum absolute atomic E-state index is 0.206. The van der Waals surface area contributed by atoms with Crippen LogP contribution in [-0.4, -0.2) is 18.1 Å². The molecule has 0 aromatic heterocycles. The molecule has 0 saturated heterocycles. The monoisotopic (exact) mass is 204 g/mol. The van der Waals surface area contributed by atoms with Crippen molar-refractivity contribution in [2.75, 3.05) is 6.54 Å². The lowest BCUT2D eigenvalue weighted by Gasteiger charge is -2.12. The van der Waals surface area contributed by atoms with Crippen LogP contribution in [-0.2, 0) is 0 Å². The summed E-state index contributed by atoms with van der Waals surface area (Å²) >= 11 is 0. The van der Waals surface area contributed by atoms with E-state index in [0.29, 0.717) is 18.0 Å². The Balaban J connectivity index is 3.02. The normalized spacial score (nSPS) is 24.1. The lowest BCUT2D eigenvalue weighted by molar-refractivity contribution is 0.690. The van der Waals surface area contributed by atoms with Crippen LogP contribution < -0.4 is 5.73 Å². The van der Waals surface area contributed by atoms with E-state index in [9.17, 15) is 0 Å². The van der Waals surface area contributed by atoms with Crippen molar-refractivity contribution in [1.29, 1.82) is 5.26 Å². The Morgan fingerprint density at radius 3 is 2.93 bits per heavy atom. The molecule has 4 heteroatoms. The molecule has 80 valence electrons. The van der Waals surface area contributed by atoms with Gasteiger partial charge in [0, 0.05) is 25.1 Å². The van der Waals surface area contributed by atoms with Crippen LogP contribution in [0, 0.1) is 17.2 Å². The summed E-state index contributed by atoms with van der Waals surface area (Å²) in [7, 11) is 0. The molecule has 0 radical (unpaired) electrons. The van der Waals surface area contributed by atoms with Gasteiger partial charge in [0.05, 0.1) is 11.3 Å². The summed E-state index contributed by atoms with van der Waals surface area (Å²) in [4.78, 5) is 8.42. The zero-order chi connectivity index (χ0) is 11.3. The van der Waals surface area contributed by atoms with Crippen molar-refractivity contribution in [2.45, 2.75) is 26.7 Å². The van der Waals surface area contributed by atoms with Gasteiger partial charge in [-0.3, -0.25) is 4.99 Å². The molecule has 0 spiro atoms. The second-order valence-electron chi connectivity index (χ2n) is 3.44. The molecule has 1 unspecified atom stereocenters. The molecular weight excluding hydrogens is 188 g/mol. The van der Waals surface area contributed by atoms with Crippen molar-refractivity contribution in [3.63, 3.8) is 0 Å². The van der Waals surface area contributed by atoms with Crippen LogP contribution in [0.4, 0.5) is 0 Å². The molecule has 1 aliphatic rings. The quantitative estimate of drug-likeness (QED) is 0.742. The minimum atomic E-state index is 0.206. The predicted octanol–water partition coefficient (Wildman–Crippen LogP) is 1.64. The lowest BCUT2D eigenvalue weighted by Crippen LogP contribution is -2.24. The van der Waals surface area contributed by atoms with Crippen molar-refractivity contribution in [2.24, 2.45) is 21.6 Å². The maximum Gasteiger partial charge on any atom is 0.103 e. The third kappa shape index (κ3) is 2.66. The van der Waals surface area contributed by atoms with E-state index in [2.05, 4.69) is 23.0 Å². The first-order valence-corrected chi connectivity index (χ1v) is 5.20. The number of nitrogens with zero attached hydrogens (tertiary/aromatic N) is 3. The van der Waals surface area contributed by atoms with Crippen LogP contribution in [0.25, 0.3) is 0 Å². The number of nitriles is 1. The molecule has 1 atom stereocenters. The van der Waals surface area contributed by atoms with Gasteiger partial charge in [0.15, 0.2) is 0 Å². The van der Waals surface area contributed by atoms with E-state index in [-0.39, 0.29) is 5.92 Å². The molecule has 0 aliphatic carbocycles. The lowest BCUT2D eigenvalue weighted by atomic mass is 9.96. The van der Waals surface area contributed by atoms with Gasteiger partial charge in [0.1, 0.15) is 11.9 Å². The van der Waals surface area contributed by atoms with Crippen LogP contribution in [0.3, 0.4) is 0 Å². The third-order valence-electron chi connectivity index (χ3n) is 2.47. The van der Waals surface area contributed by atoms with Gasteiger partial charge in [-0.15, -0.1) is 0 Å². The van der Waals surface area contributed by atoms with E-state index in [1.807, 2.05) is 6.92 Å². The minimum Gasteiger partial charge on any atom is -0.387 e. The maximum atomic E-state index is 8.95. The summed E-state index contributed by atoms with van der Waals surface area (Å²) in [6, 6.07) is 2.11. The van der Waals surface area contributed by atoms with Crippen LogP contribution in [0.5, 0.6) is 0 Å². The van der Waals surface area contributed by atoms with Gasteiger partial charge < -0.3 is 5.73 Å². The molecule has 2 N–H and O–H groups in total. The van der Waals surface area contributed by atoms with E-state index < -0.39 is 0 Å². The average Bonchev–Trinajstić information content (AvgIpc) is 2.39. The standard InChI is InChI=1S/C11H16N4/c1-3-8-5-10(14-4-2)9(6-12)7-15-11(8)13/h7-8H,3-5H2,1-2H3,(H2,13,15). The first-order valence-electron chi connectivity index (χ1n) is 5.20. The number of allylic oxidation sites excluding steroid dienone is 1. The Morgan fingerprint density at radius 2 is 2.40 bits per heavy atom. The maximum absolute atomic E-state index is 8.95. The summed E-state index contributed by atoms with van der Waals surface area (Å²) in [5.41, 5.74) is 7.17. The number of amidine groups is 1. The van der Waals surface area contributed by atoms with Crippen molar-refractivity contribution in [3.05, 3.63) is 11.8 Å². The largest absolute Gasteiger partial charge is 0.387 e. The zero-order valence-corrected chi connectivity index (χ0v) is 9.20. The van der Waals surface area contributed by atoms with Crippen LogP contribution in [0.15, 0.2) is 21.8 Å². The topological polar surface area (TPSA) is 74.5 Å². The first-order chi connectivity index (χ1) is 7.22. The van der Waals surface area contributed by atoms with Gasteiger partial charge in [-0.25, -0.2) is 4.99 Å². The van der Waals surface area contributed by atoms with E-state index >= 15 is 0 Å². The van der Waals surface area contributed by atoms with E-state index in [1.165, 1.54) is 6.20 Å². The number of aliphatic imine (C=N–C) groups is 2. The van der Waals surface area contributed by atoms with E-state index in [4.69, 9.17) is 11.0 Å². The molecule has 4 nitrogen and oxygen atoms in total. The highest BCUT2D eigenvalue weighted by molar-refractivity contribution is 6.06.